The van der Waals surface area contributed by atoms with Gasteiger partial charge in [-0.05, 0) is 76.3 Å². The minimum Gasteiger partial charge on any atom is -0.457 e. The lowest BCUT2D eigenvalue weighted by Gasteiger charge is -2.09. The van der Waals surface area contributed by atoms with Crippen molar-refractivity contribution in [3.63, 3.8) is 0 Å². The van der Waals surface area contributed by atoms with Gasteiger partial charge in [-0.15, -0.1) is 0 Å². The van der Waals surface area contributed by atoms with Crippen molar-refractivity contribution in [1.29, 1.82) is 0 Å². The van der Waals surface area contributed by atoms with Gasteiger partial charge in [0.15, 0.2) is 5.78 Å². The standard InChI is InChI=1S/C43H33NO3/c45-42(30-36-16-7-14-34(28-36)22-20-32-10-3-1-4-11-32)38-17-9-19-41(31-38)47-40-26-24-37(25-27-40)43(46)44-39-18-8-15-35(29-39)23-21-33-12-5-2-6-13-33/h1-29,31H,30H2,(H,44,46)/b22-20+,23-21+. The number of carbonyl (C=O) groups is 2. The monoisotopic (exact) mass is 611 g/mol. The molecule has 6 aromatic carbocycles. The van der Waals surface area contributed by atoms with Gasteiger partial charge in [-0.1, -0.05) is 133 Å². The Hall–Kier alpha value is -6.26. The van der Waals surface area contributed by atoms with Gasteiger partial charge in [0.1, 0.15) is 11.5 Å². The number of ether oxygens (including phenoxy) is 1. The molecule has 0 atom stereocenters. The van der Waals surface area contributed by atoms with Crippen LogP contribution in [0.4, 0.5) is 5.69 Å². The van der Waals surface area contributed by atoms with Crippen molar-refractivity contribution < 1.29 is 14.3 Å². The molecule has 1 amide bonds. The van der Waals surface area contributed by atoms with Crippen LogP contribution in [0.5, 0.6) is 11.5 Å². The van der Waals surface area contributed by atoms with Crippen LogP contribution in [0.25, 0.3) is 24.3 Å². The number of nitrogens with one attached hydrogen (secondary N) is 1. The van der Waals surface area contributed by atoms with E-state index in [1.165, 1.54) is 0 Å². The normalized spacial score (nSPS) is 11.1. The molecule has 6 aromatic rings. The Labute approximate surface area is 275 Å². The molecule has 6 rings (SSSR count). The van der Waals surface area contributed by atoms with Crippen LogP contribution in [0.1, 0.15) is 48.5 Å². The van der Waals surface area contributed by atoms with Crippen LogP contribution >= 0.6 is 0 Å². The van der Waals surface area contributed by atoms with Crippen molar-refractivity contribution in [2.45, 2.75) is 6.42 Å². The van der Waals surface area contributed by atoms with Crippen molar-refractivity contribution in [2.24, 2.45) is 0 Å². The first-order chi connectivity index (χ1) is 23.1. The molecule has 4 nitrogen and oxygen atoms in total. The average molecular weight is 612 g/mol. The Morgan fingerprint density at radius 2 is 1.06 bits per heavy atom. The number of ketones is 1. The first kappa shape index (κ1) is 30.8. The van der Waals surface area contributed by atoms with Gasteiger partial charge < -0.3 is 10.1 Å². The number of hydrogen-bond acceptors (Lipinski definition) is 3. The van der Waals surface area contributed by atoms with Crippen LogP contribution < -0.4 is 10.1 Å². The molecule has 0 fully saturated rings. The molecule has 0 aliphatic rings. The molecule has 4 heteroatoms. The number of carbonyl (C=O) groups excluding carboxylic acids is 2. The molecule has 0 aliphatic heterocycles. The highest BCUT2D eigenvalue weighted by molar-refractivity contribution is 6.04. The van der Waals surface area contributed by atoms with E-state index in [1.54, 1.807) is 36.4 Å². The van der Waals surface area contributed by atoms with Gasteiger partial charge in [0.05, 0.1) is 0 Å². The van der Waals surface area contributed by atoms with E-state index in [4.69, 9.17) is 4.74 Å². The molecule has 0 radical (unpaired) electrons. The van der Waals surface area contributed by atoms with E-state index in [2.05, 4.69) is 29.6 Å². The first-order valence-electron chi connectivity index (χ1n) is 15.5. The fourth-order valence-electron chi connectivity index (χ4n) is 5.07. The van der Waals surface area contributed by atoms with E-state index in [0.717, 1.165) is 27.8 Å². The van der Waals surface area contributed by atoms with E-state index < -0.39 is 0 Å². The highest BCUT2D eigenvalue weighted by atomic mass is 16.5. The second-order valence-electron chi connectivity index (χ2n) is 11.1. The largest absolute Gasteiger partial charge is 0.457 e. The van der Waals surface area contributed by atoms with Crippen LogP contribution in [0.3, 0.4) is 0 Å². The quantitative estimate of drug-likeness (QED) is 0.117. The number of Topliss-reactive ketones (excluding diaryl/α,β-unsaturated/α-hetero) is 1. The maximum atomic E-state index is 13.2. The lowest BCUT2D eigenvalue weighted by molar-refractivity contribution is 0.0990. The third-order valence-corrected chi connectivity index (χ3v) is 7.50. The summed E-state index contributed by atoms with van der Waals surface area (Å²) in [6, 6.07) is 50.0. The molecule has 0 saturated heterocycles. The van der Waals surface area contributed by atoms with Crippen molar-refractivity contribution in [1.82, 2.24) is 0 Å². The number of amides is 1. The molecule has 0 aromatic heterocycles. The Bertz CT molecular complexity index is 2030. The zero-order chi connectivity index (χ0) is 32.3. The predicted molar refractivity (Wildman–Crippen MR) is 193 cm³/mol. The fraction of sp³-hybridized carbons (Fsp3) is 0.0233. The first-order valence-corrected chi connectivity index (χ1v) is 15.5. The summed E-state index contributed by atoms with van der Waals surface area (Å²) >= 11 is 0. The lowest BCUT2D eigenvalue weighted by atomic mass is 10.0. The molecule has 0 saturated carbocycles. The van der Waals surface area contributed by atoms with Crippen molar-refractivity contribution in [3.8, 4) is 11.5 Å². The molecular formula is C43H33NO3. The molecule has 0 heterocycles. The van der Waals surface area contributed by atoms with E-state index in [0.29, 0.717) is 28.3 Å². The predicted octanol–water partition coefficient (Wildman–Crippen LogP) is 10.5. The summed E-state index contributed by atoms with van der Waals surface area (Å²) < 4.78 is 6.04. The average Bonchev–Trinajstić information content (AvgIpc) is 3.11. The summed E-state index contributed by atoms with van der Waals surface area (Å²) in [6.45, 7) is 0. The smallest absolute Gasteiger partial charge is 0.255 e. The van der Waals surface area contributed by atoms with Gasteiger partial charge in [-0.2, -0.15) is 0 Å². The minimum atomic E-state index is -0.215. The van der Waals surface area contributed by atoms with E-state index in [9.17, 15) is 9.59 Å². The molecule has 0 bridgehead atoms. The van der Waals surface area contributed by atoms with Gasteiger partial charge in [0.2, 0.25) is 0 Å². The van der Waals surface area contributed by atoms with Gasteiger partial charge in [0, 0.05) is 23.2 Å². The summed E-state index contributed by atoms with van der Waals surface area (Å²) in [5.74, 6) is 0.907. The summed E-state index contributed by atoms with van der Waals surface area (Å²) in [4.78, 5) is 26.1. The number of hydrogen-bond donors (Lipinski definition) is 1. The van der Waals surface area contributed by atoms with Crippen LogP contribution in [0.2, 0.25) is 0 Å². The van der Waals surface area contributed by atoms with E-state index in [-0.39, 0.29) is 18.1 Å². The molecule has 47 heavy (non-hydrogen) atoms. The summed E-state index contributed by atoms with van der Waals surface area (Å²) in [5.41, 5.74) is 6.99. The second kappa shape index (κ2) is 15.2. The third-order valence-electron chi connectivity index (χ3n) is 7.50. The maximum absolute atomic E-state index is 13.2. The topological polar surface area (TPSA) is 55.4 Å². The summed E-state index contributed by atoms with van der Waals surface area (Å²) in [5, 5.41) is 2.97. The Kier molecular flexibility index (Phi) is 9.91. The maximum Gasteiger partial charge on any atom is 0.255 e. The molecule has 0 unspecified atom stereocenters. The Morgan fingerprint density at radius 3 is 1.74 bits per heavy atom. The zero-order valence-electron chi connectivity index (χ0n) is 25.8. The molecule has 1 N–H and O–H groups in total. The van der Waals surface area contributed by atoms with Crippen molar-refractivity contribution >= 4 is 41.7 Å². The van der Waals surface area contributed by atoms with Gasteiger partial charge in [-0.25, -0.2) is 0 Å². The molecule has 228 valence electrons. The lowest BCUT2D eigenvalue weighted by Crippen LogP contribution is -2.11. The number of benzene rings is 6. The van der Waals surface area contributed by atoms with Gasteiger partial charge in [-0.3, -0.25) is 9.59 Å². The molecule has 0 aliphatic carbocycles. The zero-order valence-corrected chi connectivity index (χ0v) is 25.8. The highest BCUT2D eigenvalue weighted by Gasteiger charge is 2.11. The molecule has 0 spiro atoms. The minimum absolute atomic E-state index is 0.00582. The van der Waals surface area contributed by atoms with Gasteiger partial charge >= 0.3 is 0 Å². The van der Waals surface area contributed by atoms with Crippen LogP contribution in [0, 0.1) is 0 Å². The Balaban J connectivity index is 1.05. The molecular weight excluding hydrogens is 578 g/mol. The highest BCUT2D eigenvalue weighted by Crippen LogP contribution is 2.24. The number of rotatable bonds is 11. The SMILES string of the molecule is O=C(Cc1cccc(/C=C/c2ccccc2)c1)c1cccc(Oc2ccc(C(=O)Nc3cccc(/C=C/c4ccccc4)c3)cc2)c1. The Morgan fingerprint density at radius 1 is 0.489 bits per heavy atom. The summed E-state index contributed by atoms with van der Waals surface area (Å²) in [6.07, 6.45) is 8.45. The fourth-order valence-corrected chi connectivity index (χ4v) is 5.07. The van der Waals surface area contributed by atoms with Crippen molar-refractivity contribution in [2.75, 3.05) is 5.32 Å². The van der Waals surface area contributed by atoms with Crippen molar-refractivity contribution in [3.05, 3.63) is 197 Å². The number of anilines is 1. The second-order valence-corrected chi connectivity index (χ2v) is 11.1. The van der Waals surface area contributed by atoms with Crippen LogP contribution in [-0.4, -0.2) is 11.7 Å². The van der Waals surface area contributed by atoms with E-state index in [1.807, 2.05) is 121 Å². The third kappa shape index (κ3) is 8.90. The van der Waals surface area contributed by atoms with Crippen LogP contribution in [-0.2, 0) is 6.42 Å². The summed E-state index contributed by atoms with van der Waals surface area (Å²) in [7, 11) is 0. The van der Waals surface area contributed by atoms with Crippen LogP contribution in [0.15, 0.2) is 158 Å². The van der Waals surface area contributed by atoms with E-state index >= 15 is 0 Å². The van der Waals surface area contributed by atoms with Gasteiger partial charge in [0.25, 0.3) is 5.91 Å².